The van der Waals surface area contributed by atoms with Gasteiger partial charge >= 0.3 is 21.1 Å². The Labute approximate surface area is 189 Å². The second kappa shape index (κ2) is 8.04. The Bertz CT molecular complexity index is 1300. The second-order valence-electron chi connectivity index (χ2n) is 7.39. The Kier molecular flexibility index (Phi) is 5.44. The molecule has 0 fully saturated rings. The molecule has 0 N–H and O–H groups in total. The summed E-state index contributed by atoms with van der Waals surface area (Å²) in [5.41, 5.74) is 3.26. The Morgan fingerprint density at radius 1 is 0.800 bits per heavy atom. The van der Waals surface area contributed by atoms with Crippen molar-refractivity contribution in [3.63, 3.8) is 0 Å². The van der Waals surface area contributed by atoms with E-state index in [1.165, 1.54) is 0 Å². The maximum Gasteiger partial charge on any atom is 2.00 e. The molecule has 0 bridgehead atoms. The number of nitrogens with zero attached hydrogens (tertiary/aromatic N) is 2. The maximum atomic E-state index is 5.98. The molecule has 0 atom stereocenters. The van der Waals surface area contributed by atoms with E-state index in [0.717, 1.165) is 33.2 Å². The van der Waals surface area contributed by atoms with Gasteiger partial charge in [-0.1, -0.05) is 32.0 Å². The Hall–Kier alpha value is -2.97. The fraction of sp³-hybridized carbons (Fsp3) is 0.120. The topological polar surface area (TPSA) is 48.2 Å². The SMILES string of the molecule is CC(C)(c1[c-]c2c(cc1)oc1ccc(Oc3ccccn3)[c-]c12)c1ccccn1.[Pt+2]. The number of hydrogen-bond donors (Lipinski definition) is 0. The molecule has 3 heterocycles. The summed E-state index contributed by atoms with van der Waals surface area (Å²) in [5.74, 6) is 1.11. The number of ether oxygens (including phenoxy) is 1. The van der Waals surface area contributed by atoms with Crippen molar-refractivity contribution in [3.8, 4) is 11.6 Å². The largest absolute Gasteiger partial charge is 2.00 e. The predicted octanol–water partition coefficient (Wildman–Crippen LogP) is 6.09. The van der Waals surface area contributed by atoms with E-state index in [1.54, 1.807) is 6.20 Å². The predicted molar refractivity (Wildman–Crippen MR) is 112 cm³/mol. The number of fused-ring (bicyclic) bond motifs is 3. The zero-order valence-corrected chi connectivity index (χ0v) is 18.7. The van der Waals surface area contributed by atoms with Crippen molar-refractivity contribution in [3.05, 3.63) is 96.4 Å². The van der Waals surface area contributed by atoms with Gasteiger partial charge in [0.05, 0.1) is 0 Å². The van der Waals surface area contributed by atoms with Crippen molar-refractivity contribution in [1.82, 2.24) is 9.97 Å². The van der Waals surface area contributed by atoms with E-state index in [-0.39, 0.29) is 26.5 Å². The molecule has 2 aromatic carbocycles. The maximum absolute atomic E-state index is 5.98. The van der Waals surface area contributed by atoms with Gasteiger partial charge in [-0.15, -0.1) is 29.8 Å². The van der Waals surface area contributed by atoms with E-state index < -0.39 is 0 Å². The molecular formula is C25H18N2O2Pt. The molecule has 30 heavy (non-hydrogen) atoms. The normalized spacial score (nSPS) is 11.4. The molecule has 5 rings (SSSR count). The molecule has 0 spiro atoms. The molecule has 0 aliphatic rings. The van der Waals surface area contributed by atoms with Crippen molar-refractivity contribution in [2.45, 2.75) is 19.3 Å². The first-order valence-corrected chi connectivity index (χ1v) is 9.43. The van der Waals surface area contributed by atoms with Crippen LogP contribution in [0.1, 0.15) is 25.1 Å². The third-order valence-corrected chi connectivity index (χ3v) is 5.09. The van der Waals surface area contributed by atoms with Crippen molar-refractivity contribution < 1.29 is 30.2 Å². The molecule has 0 amide bonds. The van der Waals surface area contributed by atoms with Crippen LogP contribution in [0.4, 0.5) is 0 Å². The Morgan fingerprint density at radius 3 is 2.20 bits per heavy atom. The summed E-state index contributed by atoms with van der Waals surface area (Å²) in [6, 6.07) is 26.1. The molecule has 150 valence electrons. The van der Waals surface area contributed by atoms with Gasteiger partial charge in [-0.3, -0.25) is 4.98 Å². The third-order valence-electron chi connectivity index (χ3n) is 5.09. The average molecular weight is 574 g/mol. The molecule has 0 aliphatic carbocycles. The number of rotatable bonds is 4. The monoisotopic (exact) mass is 573 g/mol. The number of benzene rings is 2. The van der Waals surface area contributed by atoms with Gasteiger partial charge in [0, 0.05) is 35.3 Å². The zero-order chi connectivity index (χ0) is 19.8. The van der Waals surface area contributed by atoms with Crippen LogP contribution in [0.25, 0.3) is 21.9 Å². The van der Waals surface area contributed by atoms with Gasteiger partial charge in [-0.2, -0.15) is 16.8 Å². The van der Waals surface area contributed by atoms with E-state index >= 15 is 0 Å². The minimum absolute atomic E-state index is 0. The second-order valence-corrected chi connectivity index (χ2v) is 7.39. The molecule has 0 unspecified atom stereocenters. The van der Waals surface area contributed by atoms with Gasteiger partial charge in [0.1, 0.15) is 0 Å². The van der Waals surface area contributed by atoms with Crippen LogP contribution in [0, 0.1) is 12.1 Å². The molecule has 0 saturated carbocycles. The van der Waals surface area contributed by atoms with Crippen molar-refractivity contribution >= 4 is 21.9 Å². The van der Waals surface area contributed by atoms with E-state index in [1.807, 2.05) is 66.9 Å². The summed E-state index contributed by atoms with van der Waals surface area (Å²) in [4.78, 5) is 8.74. The van der Waals surface area contributed by atoms with Gasteiger partial charge in [-0.25, -0.2) is 4.98 Å². The van der Waals surface area contributed by atoms with Gasteiger partial charge in [-0.05, 0) is 29.4 Å². The van der Waals surface area contributed by atoms with Gasteiger partial charge in [0.2, 0.25) is 5.88 Å². The van der Waals surface area contributed by atoms with E-state index in [2.05, 4.69) is 35.9 Å². The van der Waals surface area contributed by atoms with Crippen LogP contribution in [0.2, 0.25) is 0 Å². The van der Waals surface area contributed by atoms with Crippen LogP contribution >= 0.6 is 0 Å². The zero-order valence-electron chi connectivity index (χ0n) is 16.5. The molecule has 0 saturated heterocycles. The molecule has 0 aliphatic heterocycles. The molecule has 5 heteroatoms. The van der Waals surface area contributed by atoms with Crippen LogP contribution in [-0.2, 0) is 26.5 Å². The first-order chi connectivity index (χ1) is 14.1. The summed E-state index contributed by atoms with van der Waals surface area (Å²) < 4.78 is 11.8. The summed E-state index contributed by atoms with van der Waals surface area (Å²) in [6.07, 6.45) is 3.51. The first-order valence-electron chi connectivity index (χ1n) is 9.43. The standard InChI is InChI=1S/C25H18N2O2.Pt/c1-25(2,23-7-3-5-13-26-23)17-9-11-21-19(15-17)20-16-18(10-12-22(20)29-21)28-24-8-4-6-14-27-24;/h3-14H,1-2H3;/q-2;+2. The average Bonchev–Trinajstić information content (AvgIpc) is 3.12. The van der Waals surface area contributed by atoms with Crippen LogP contribution in [-0.4, -0.2) is 9.97 Å². The fourth-order valence-electron chi connectivity index (χ4n) is 3.42. The summed E-state index contributed by atoms with van der Waals surface area (Å²) in [5, 5.41) is 1.72. The number of aromatic nitrogens is 2. The molecule has 0 radical (unpaired) electrons. The van der Waals surface area contributed by atoms with Gasteiger partial charge in [0.15, 0.2) is 0 Å². The summed E-state index contributed by atoms with van der Waals surface area (Å²) >= 11 is 0. The Balaban J connectivity index is 0.00000218. The molecule has 3 aromatic heterocycles. The van der Waals surface area contributed by atoms with E-state index in [4.69, 9.17) is 9.15 Å². The van der Waals surface area contributed by atoms with Crippen LogP contribution in [0.3, 0.4) is 0 Å². The molecule has 5 aromatic rings. The van der Waals surface area contributed by atoms with Crippen molar-refractivity contribution in [2.24, 2.45) is 0 Å². The first kappa shape index (κ1) is 20.3. The summed E-state index contributed by atoms with van der Waals surface area (Å²) in [7, 11) is 0. The van der Waals surface area contributed by atoms with E-state index in [0.29, 0.717) is 11.6 Å². The minimum Gasteiger partial charge on any atom is -0.564 e. The fourth-order valence-corrected chi connectivity index (χ4v) is 3.42. The quantitative estimate of drug-likeness (QED) is 0.244. The van der Waals surface area contributed by atoms with Crippen LogP contribution < -0.4 is 4.74 Å². The minimum atomic E-state index is -0.291. The smallest absolute Gasteiger partial charge is 0.564 e. The Morgan fingerprint density at radius 2 is 1.50 bits per heavy atom. The van der Waals surface area contributed by atoms with E-state index in [9.17, 15) is 0 Å². The third kappa shape index (κ3) is 3.64. The van der Waals surface area contributed by atoms with Gasteiger partial charge in [0.25, 0.3) is 0 Å². The number of furan rings is 1. The van der Waals surface area contributed by atoms with Crippen molar-refractivity contribution in [2.75, 3.05) is 0 Å². The molecular weight excluding hydrogens is 555 g/mol. The van der Waals surface area contributed by atoms with Crippen molar-refractivity contribution in [1.29, 1.82) is 0 Å². The van der Waals surface area contributed by atoms with Crippen LogP contribution in [0.15, 0.2) is 77.5 Å². The summed E-state index contributed by atoms with van der Waals surface area (Å²) in [6.45, 7) is 4.29. The number of pyridine rings is 2. The number of hydrogen-bond acceptors (Lipinski definition) is 4. The van der Waals surface area contributed by atoms with Gasteiger partial charge < -0.3 is 9.15 Å². The van der Waals surface area contributed by atoms with Crippen LogP contribution in [0.5, 0.6) is 11.6 Å². The molecule has 4 nitrogen and oxygen atoms in total.